The van der Waals surface area contributed by atoms with Crippen molar-refractivity contribution in [3.63, 3.8) is 0 Å². The molecular formula is C40H58O6. The number of carbonyl (C=O) groups excluding carboxylic acids is 4. The van der Waals surface area contributed by atoms with E-state index in [1.807, 2.05) is 13.0 Å². The Kier molecular flexibility index (Phi) is 9.26. The Labute approximate surface area is 276 Å². The first-order valence-electron chi connectivity index (χ1n) is 18.7. The zero-order chi connectivity index (χ0) is 33.0. The van der Waals surface area contributed by atoms with Crippen LogP contribution in [0, 0.1) is 45.8 Å². The molecule has 0 heterocycles. The molecule has 46 heavy (non-hydrogen) atoms. The highest BCUT2D eigenvalue weighted by Crippen LogP contribution is 2.66. The predicted octanol–water partition coefficient (Wildman–Crippen LogP) is 8.65. The van der Waals surface area contributed by atoms with Crippen LogP contribution < -0.4 is 0 Å². The van der Waals surface area contributed by atoms with Gasteiger partial charge in [0, 0.05) is 37.0 Å². The summed E-state index contributed by atoms with van der Waals surface area (Å²) in [6.07, 6.45) is 18.1. The molecule has 0 aromatic carbocycles. The fraction of sp³-hybridized carbons (Fsp3) is 0.800. The van der Waals surface area contributed by atoms with Crippen LogP contribution in [0.3, 0.4) is 0 Å². The number of esters is 2. The maximum absolute atomic E-state index is 12.1. The van der Waals surface area contributed by atoms with Crippen molar-refractivity contribution in [2.75, 3.05) is 0 Å². The van der Waals surface area contributed by atoms with Crippen LogP contribution in [0.1, 0.15) is 144 Å². The van der Waals surface area contributed by atoms with Crippen molar-refractivity contribution in [1.29, 1.82) is 0 Å². The molecule has 0 saturated heterocycles. The molecule has 0 aliphatic heterocycles. The van der Waals surface area contributed by atoms with Gasteiger partial charge in [0.05, 0.1) is 0 Å². The lowest BCUT2D eigenvalue weighted by Gasteiger charge is -2.57. The first-order valence-corrected chi connectivity index (χ1v) is 18.7. The van der Waals surface area contributed by atoms with Crippen molar-refractivity contribution in [2.24, 2.45) is 45.8 Å². The van der Waals surface area contributed by atoms with Crippen molar-refractivity contribution >= 4 is 23.5 Å². The summed E-state index contributed by atoms with van der Waals surface area (Å²) in [6.45, 7) is 12.6. The van der Waals surface area contributed by atoms with Gasteiger partial charge in [0.2, 0.25) is 0 Å². The summed E-state index contributed by atoms with van der Waals surface area (Å²) in [6, 6.07) is 0. The molecule has 254 valence electrons. The number of fused-ring (bicyclic) bond motifs is 8. The molecule has 0 amide bonds. The number of Topliss-reactive ketones (excluding diaryl/α,β-unsaturated/α-hetero) is 1. The fourth-order valence-corrected chi connectivity index (χ4v) is 12.2. The maximum Gasteiger partial charge on any atom is 0.305 e. The van der Waals surface area contributed by atoms with E-state index in [1.165, 1.54) is 37.3 Å². The number of rotatable bonds is 4. The normalized spacial score (nSPS) is 42.7. The van der Waals surface area contributed by atoms with E-state index in [-0.39, 0.29) is 40.4 Å². The van der Waals surface area contributed by atoms with Gasteiger partial charge in [-0.05, 0) is 130 Å². The Morgan fingerprint density at radius 2 is 1.46 bits per heavy atom. The molecule has 0 aromatic rings. The molecule has 6 heteroatoms. The maximum atomic E-state index is 12.1. The van der Waals surface area contributed by atoms with Crippen LogP contribution in [0.25, 0.3) is 0 Å². The average Bonchev–Trinajstić information content (AvgIpc) is 3.53. The lowest BCUT2D eigenvalue weighted by molar-refractivity contribution is -0.159. The Balaban J connectivity index is 0.000000164. The van der Waals surface area contributed by atoms with E-state index >= 15 is 0 Å². The summed E-state index contributed by atoms with van der Waals surface area (Å²) in [7, 11) is 0. The highest BCUT2D eigenvalue weighted by molar-refractivity contribution is 5.97. The van der Waals surface area contributed by atoms with E-state index in [0.717, 1.165) is 82.1 Å². The summed E-state index contributed by atoms with van der Waals surface area (Å²) < 4.78 is 11.5. The molecular weight excluding hydrogens is 576 g/mol. The highest BCUT2D eigenvalue weighted by Gasteiger charge is 2.60. The minimum absolute atomic E-state index is 0.0411. The third-order valence-corrected chi connectivity index (χ3v) is 14.7. The summed E-state index contributed by atoms with van der Waals surface area (Å²) in [4.78, 5) is 47.3. The Morgan fingerprint density at radius 3 is 2.15 bits per heavy atom. The van der Waals surface area contributed by atoms with Gasteiger partial charge in [-0.1, -0.05) is 45.8 Å². The van der Waals surface area contributed by atoms with Crippen molar-refractivity contribution in [2.45, 2.75) is 156 Å². The van der Waals surface area contributed by atoms with Gasteiger partial charge in [0.15, 0.2) is 11.6 Å². The Hall–Kier alpha value is -2.24. The van der Waals surface area contributed by atoms with Gasteiger partial charge >= 0.3 is 11.9 Å². The van der Waals surface area contributed by atoms with E-state index in [9.17, 15) is 19.2 Å². The molecule has 5 fully saturated rings. The molecule has 10 atom stereocenters. The minimum atomic E-state index is -0.156. The molecule has 0 spiro atoms. The predicted molar refractivity (Wildman–Crippen MR) is 178 cm³/mol. The van der Waals surface area contributed by atoms with Crippen LogP contribution in [0.2, 0.25) is 0 Å². The monoisotopic (exact) mass is 634 g/mol. The van der Waals surface area contributed by atoms with Crippen LogP contribution in [0.15, 0.2) is 22.8 Å². The Morgan fingerprint density at radius 1 is 0.761 bits per heavy atom. The van der Waals surface area contributed by atoms with E-state index in [1.54, 1.807) is 0 Å². The quantitative estimate of drug-likeness (QED) is 0.288. The number of ketones is 2. The third-order valence-electron chi connectivity index (χ3n) is 14.7. The summed E-state index contributed by atoms with van der Waals surface area (Å²) in [5, 5.41) is 0. The topological polar surface area (TPSA) is 86.7 Å². The van der Waals surface area contributed by atoms with Crippen LogP contribution >= 0.6 is 0 Å². The van der Waals surface area contributed by atoms with Crippen LogP contribution in [-0.4, -0.2) is 35.7 Å². The second kappa shape index (κ2) is 12.7. The smallest absolute Gasteiger partial charge is 0.305 e. The van der Waals surface area contributed by atoms with Crippen LogP contribution in [0.4, 0.5) is 0 Å². The number of ether oxygens (including phenoxy) is 2. The number of carbonyl (C=O) groups is 4. The van der Waals surface area contributed by atoms with Crippen molar-refractivity contribution < 1.29 is 28.7 Å². The van der Waals surface area contributed by atoms with Crippen molar-refractivity contribution in [3.05, 3.63) is 22.8 Å². The summed E-state index contributed by atoms with van der Waals surface area (Å²) >= 11 is 0. The summed E-state index contributed by atoms with van der Waals surface area (Å²) in [5.74, 6) is 3.77. The van der Waals surface area contributed by atoms with Gasteiger partial charge in [0.25, 0.3) is 0 Å². The standard InChI is InChI=1S/C22H32O3.C18H26O3/c1-4-20(24)25-19-8-7-17-16-6-5-14-13-15(23)9-11-21(14,2)18(16)10-12-22(17,19)3;1-4-12-13-9-10-18(3)15(14(13)5-7-16(12)20)6-8-17(18)21-11(2)19/h13,16-19H,4-12H2,1-3H3;14-15,17H,4-10H2,1-3H3/t16-,17-,18-,19-,21-,22-;/m0./s1. The highest BCUT2D eigenvalue weighted by atomic mass is 16.5. The van der Waals surface area contributed by atoms with Gasteiger partial charge in [0.1, 0.15) is 12.2 Å². The minimum Gasteiger partial charge on any atom is -0.462 e. The lowest BCUT2D eigenvalue weighted by Crippen LogP contribution is -2.51. The molecule has 4 unspecified atom stereocenters. The second-order valence-electron chi connectivity index (χ2n) is 16.6. The van der Waals surface area contributed by atoms with Gasteiger partial charge in [-0.2, -0.15) is 0 Å². The lowest BCUT2D eigenvalue weighted by atomic mass is 9.47. The second-order valence-corrected chi connectivity index (χ2v) is 16.6. The number of hydrogen-bond acceptors (Lipinski definition) is 6. The van der Waals surface area contributed by atoms with Gasteiger partial charge < -0.3 is 9.47 Å². The molecule has 7 aliphatic carbocycles. The molecule has 7 rings (SSSR count). The zero-order valence-electron chi connectivity index (χ0n) is 29.4. The third kappa shape index (κ3) is 5.55. The van der Waals surface area contributed by atoms with E-state index in [0.29, 0.717) is 48.1 Å². The van der Waals surface area contributed by atoms with Gasteiger partial charge in [-0.15, -0.1) is 0 Å². The molecule has 0 N–H and O–H groups in total. The number of hydrogen-bond donors (Lipinski definition) is 0. The molecule has 0 radical (unpaired) electrons. The molecule has 5 saturated carbocycles. The van der Waals surface area contributed by atoms with E-state index in [4.69, 9.17) is 9.47 Å². The van der Waals surface area contributed by atoms with Crippen LogP contribution in [-0.2, 0) is 28.7 Å². The Bertz CT molecular complexity index is 1320. The van der Waals surface area contributed by atoms with Crippen LogP contribution in [0.5, 0.6) is 0 Å². The SMILES string of the molecule is CCC(=O)O[C@H]1CC[C@H]2[C@@H]3CCC4=CC(=O)CC[C@]4(C)[C@H]3CC[C@]12C.CCC1=C2CCC3(C)C(OC(C)=O)CCC3C2CCC1=O. The zero-order valence-corrected chi connectivity index (χ0v) is 29.4. The molecule has 7 aliphatic rings. The van der Waals surface area contributed by atoms with Crippen molar-refractivity contribution in [3.8, 4) is 0 Å². The summed E-state index contributed by atoms with van der Waals surface area (Å²) in [5.41, 5.74) is 4.49. The average molecular weight is 635 g/mol. The van der Waals surface area contributed by atoms with Gasteiger partial charge in [-0.3, -0.25) is 19.2 Å². The van der Waals surface area contributed by atoms with Gasteiger partial charge in [-0.25, -0.2) is 0 Å². The molecule has 0 bridgehead atoms. The fourth-order valence-electron chi connectivity index (χ4n) is 12.2. The van der Waals surface area contributed by atoms with E-state index < -0.39 is 0 Å². The first kappa shape index (κ1) is 33.7. The van der Waals surface area contributed by atoms with E-state index in [2.05, 4.69) is 27.7 Å². The largest absolute Gasteiger partial charge is 0.462 e. The van der Waals surface area contributed by atoms with Crippen molar-refractivity contribution in [1.82, 2.24) is 0 Å². The number of allylic oxidation sites excluding steroid dienone is 3. The first-order chi connectivity index (χ1) is 21.9. The molecule has 0 aromatic heterocycles. The molecule has 6 nitrogen and oxygen atoms in total.